The first-order valence-corrected chi connectivity index (χ1v) is 7.86. The maximum Gasteiger partial charge on any atom is 0.260 e. The van der Waals surface area contributed by atoms with Gasteiger partial charge in [-0.25, -0.2) is 4.39 Å². The molecule has 0 bridgehead atoms. The highest BCUT2D eigenvalue weighted by atomic mass is 35.5. The Morgan fingerprint density at radius 1 is 1.22 bits per heavy atom. The molecule has 0 saturated heterocycles. The Labute approximate surface area is 144 Å². The minimum Gasteiger partial charge on any atom is -0.479 e. The molecule has 2 rings (SSSR count). The number of hydrogen-bond acceptors (Lipinski definition) is 2. The number of benzene rings is 2. The lowest BCUT2D eigenvalue weighted by atomic mass is 10.1. The lowest BCUT2D eigenvalue weighted by Gasteiger charge is -2.16. The standard InChI is InChI=1S/C17H16Cl2FNO2/c1-11(23-15-4-2-3-14(18)16(15)19)17(22)21-10-9-12-5-7-13(20)8-6-12/h2-8,11H,9-10H2,1H3,(H,21,22)/t11-/m0/s1. The average Bonchev–Trinajstić information content (AvgIpc) is 2.53. The van der Waals surface area contributed by atoms with Gasteiger partial charge in [-0.1, -0.05) is 41.4 Å². The van der Waals surface area contributed by atoms with Crippen molar-refractivity contribution in [1.82, 2.24) is 5.32 Å². The first kappa shape index (κ1) is 17.6. The van der Waals surface area contributed by atoms with E-state index < -0.39 is 6.10 Å². The van der Waals surface area contributed by atoms with Crippen molar-refractivity contribution in [2.45, 2.75) is 19.4 Å². The van der Waals surface area contributed by atoms with Gasteiger partial charge in [0, 0.05) is 6.54 Å². The van der Waals surface area contributed by atoms with Gasteiger partial charge in [-0.05, 0) is 43.2 Å². The zero-order valence-corrected chi connectivity index (χ0v) is 14.0. The number of carbonyl (C=O) groups excluding carboxylic acids is 1. The van der Waals surface area contributed by atoms with E-state index in [4.69, 9.17) is 27.9 Å². The summed E-state index contributed by atoms with van der Waals surface area (Å²) in [7, 11) is 0. The molecule has 0 spiro atoms. The van der Waals surface area contributed by atoms with E-state index in [9.17, 15) is 9.18 Å². The summed E-state index contributed by atoms with van der Waals surface area (Å²) in [6, 6.07) is 11.2. The monoisotopic (exact) mass is 355 g/mol. The first-order chi connectivity index (χ1) is 11.0. The van der Waals surface area contributed by atoms with Crippen molar-refractivity contribution >= 4 is 29.1 Å². The van der Waals surface area contributed by atoms with Gasteiger partial charge >= 0.3 is 0 Å². The number of amides is 1. The van der Waals surface area contributed by atoms with Crippen LogP contribution < -0.4 is 10.1 Å². The Balaban J connectivity index is 1.83. The van der Waals surface area contributed by atoms with Crippen LogP contribution in [0.15, 0.2) is 42.5 Å². The number of halogens is 3. The maximum absolute atomic E-state index is 12.8. The fraction of sp³-hybridized carbons (Fsp3) is 0.235. The molecule has 0 unspecified atom stereocenters. The van der Waals surface area contributed by atoms with Crippen LogP contribution in [0, 0.1) is 5.82 Å². The Hall–Kier alpha value is -1.78. The number of hydrogen-bond donors (Lipinski definition) is 1. The zero-order chi connectivity index (χ0) is 16.8. The summed E-state index contributed by atoms with van der Waals surface area (Å²) in [5, 5.41) is 3.41. The molecule has 1 N–H and O–H groups in total. The minimum atomic E-state index is -0.709. The maximum atomic E-state index is 12.8. The van der Waals surface area contributed by atoms with E-state index in [1.807, 2.05) is 0 Å². The SMILES string of the molecule is C[C@H](Oc1cccc(Cl)c1Cl)C(=O)NCCc1ccc(F)cc1. The second-order valence-corrected chi connectivity index (χ2v) is 5.76. The molecular weight excluding hydrogens is 340 g/mol. The van der Waals surface area contributed by atoms with Crippen LogP contribution in [0.1, 0.15) is 12.5 Å². The molecule has 0 radical (unpaired) electrons. The van der Waals surface area contributed by atoms with Crippen molar-refractivity contribution in [1.29, 1.82) is 0 Å². The Morgan fingerprint density at radius 2 is 1.91 bits per heavy atom. The summed E-state index contributed by atoms with van der Waals surface area (Å²) in [5.74, 6) is -0.179. The van der Waals surface area contributed by atoms with Gasteiger partial charge in [-0.15, -0.1) is 0 Å². The van der Waals surface area contributed by atoms with Crippen LogP contribution in [-0.2, 0) is 11.2 Å². The van der Waals surface area contributed by atoms with E-state index in [1.54, 1.807) is 37.3 Å². The molecule has 0 fully saturated rings. The molecule has 0 aliphatic rings. The summed E-state index contributed by atoms with van der Waals surface area (Å²) >= 11 is 11.9. The third-order valence-corrected chi connectivity index (χ3v) is 4.02. The molecule has 0 aliphatic heterocycles. The van der Waals surface area contributed by atoms with Crippen LogP contribution in [0.5, 0.6) is 5.75 Å². The Kier molecular flexibility index (Phi) is 6.25. The highest BCUT2D eigenvalue weighted by Crippen LogP contribution is 2.32. The van der Waals surface area contributed by atoms with Crippen LogP contribution in [0.4, 0.5) is 4.39 Å². The van der Waals surface area contributed by atoms with Crippen LogP contribution in [0.3, 0.4) is 0 Å². The molecule has 2 aromatic carbocycles. The molecule has 3 nitrogen and oxygen atoms in total. The fourth-order valence-electron chi connectivity index (χ4n) is 1.94. The quantitative estimate of drug-likeness (QED) is 0.840. The van der Waals surface area contributed by atoms with E-state index in [-0.39, 0.29) is 16.7 Å². The molecule has 0 saturated carbocycles. The van der Waals surface area contributed by atoms with Crippen LogP contribution in [0.25, 0.3) is 0 Å². The van der Waals surface area contributed by atoms with Gasteiger partial charge in [0.2, 0.25) is 0 Å². The first-order valence-electron chi connectivity index (χ1n) is 7.10. The fourth-order valence-corrected chi connectivity index (χ4v) is 2.28. The third-order valence-electron chi connectivity index (χ3n) is 3.22. The van der Waals surface area contributed by atoms with Crippen LogP contribution in [-0.4, -0.2) is 18.6 Å². The van der Waals surface area contributed by atoms with Crippen molar-refractivity contribution in [3.05, 3.63) is 63.9 Å². The number of rotatable bonds is 6. The Bertz CT molecular complexity index is 677. The summed E-state index contributed by atoms with van der Waals surface area (Å²) in [5.41, 5.74) is 0.943. The molecule has 0 aliphatic carbocycles. The average molecular weight is 356 g/mol. The van der Waals surface area contributed by atoms with Gasteiger partial charge in [-0.2, -0.15) is 0 Å². The summed E-state index contributed by atoms with van der Waals surface area (Å²) < 4.78 is 18.3. The highest BCUT2D eigenvalue weighted by molar-refractivity contribution is 6.42. The van der Waals surface area contributed by atoms with E-state index in [2.05, 4.69) is 5.32 Å². The summed E-state index contributed by atoms with van der Waals surface area (Å²) in [6.45, 7) is 2.06. The van der Waals surface area contributed by atoms with Gasteiger partial charge in [-0.3, -0.25) is 4.79 Å². The molecule has 0 aromatic heterocycles. The molecule has 122 valence electrons. The smallest absolute Gasteiger partial charge is 0.260 e. The van der Waals surface area contributed by atoms with E-state index in [0.717, 1.165) is 5.56 Å². The minimum absolute atomic E-state index is 0.261. The van der Waals surface area contributed by atoms with Crippen molar-refractivity contribution in [2.75, 3.05) is 6.54 Å². The van der Waals surface area contributed by atoms with Gasteiger partial charge < -0.3 is 10.1 Å². The van der Waals surface area contributed by atoms with Gasteiger partial charge in [0.1, 0.15) is 16.6 Å². The normalized spacial score (nSPS) is 11.8. The molecule has 1 atom stereocenters. The lowest BCUT2D eigenvalue weighted by Crippen LogP contribution is -2.37. The predicted octanol–water partition coefficient (Wildman–Crippen LogP) is 4.26. The van der Waals surface area contributed by atoms with Crippen molar-refractivity contribution in [3.63, 3.8) is 0 Å². The summed E-state index contributed by atoms with van der Waals surface area (Å²) in [4.78, 5) is 12.0. The van der Waals surface area contributed by atoms with Crippen molar-refractivity contribution in [3.8, 4) is 5.75 Å². The van der Waals surface area contributed by atoms with Gasteiger partial charge in [0.05, 0.1) is 5.02 Å². The molecule has 0 heterocycles. The largest absolute Gasteiger partial charge is 0.479 e. The highest BCUT2D eigenvalue weighted by Gasteiger charge is 2.16. The second-order valence-electron chi connectivity index (χ2n) is 4.98. The van der Waals surface area contributed by atoms with Crippen molar-refractivity contribution in [2.24, 2.45) is 0 Å². The third kappa shape index (κ3) is 5.12. The zero-order valence-electron chi connectivity index (χ0n) is 12.5. The van der Waals surface area contributed by atoms with Gasteiger partial charge in [0.15, 0.2) is 6.10 Å². The van der Waals surface area contributed by atoms with Gasteiger partial charge in [0.25, 0.3) is 5.91 Å². The molecule has 2 aromatic rings. The van der Waals surface area contributed by atoms with Crippen molar-refractivity contribution < 1.29 is 13.9 Å². The number of nitrogens with one attached hydrogen (secondary N) is 1. The second kappa shape index (κ2) is 8.18. The van der Waals surface area contributed by atoms with Crippen LogP contribution >= 0.6 is 23.2 Å². The predicted molar refractivity (Wildman–Crippen MR) is 89.7 cm³/mol. The molecular formula is C17H16Cl2FNO2. The summed E-state index contributed by atoms with van der Waals surface area (Å²) in [6.07, 6.45) is -0.101. The van der Waals surface area contributed by atoms with E-state index in [0.29, 0.717) is 23.7 Å². The topological polar surface area (TPSA) is 38.3 Å². The van der Waals surface area contributed by atoms with E-state index in [1.165, 1.54) is 12.1 Å². The van der Waals surface area contributed by atoms with E-state index >= 15 is 0 Å². The van der Waals surface area contributed by atoms with Crippen LogP contribution in [0.2, 0.25) is 10.0 Å². The number of carbonyl (C=O) groups is 1. The lowest BCUT2D eigenvalue weighted by molar-refractivity contribution is -0.127. The Morgan fingerprint density at radius 3 is 2.61 bits per heavy atom. The number of ether oxygens (including phenoxy) is 1. The molecule has 1 amide bonds. The molecule has 6 heteroatoms. The molecule has 23 heavy (non-hydrogen) atoms.